The molecule has 5 heteroatoms. The maximum atomic E-state index is 9.66. The third kappa shape index (κ3) is 2.80. The Morgan fingerprint density at radius 1 is 0.677 bits per heavy atom. The first kappa shape index (κ1) is 18.1. The minimum atomic E-state index is 0.254. The molecular formula is C26H13N5. The van der Waals surface area contributed by atoms with Gasteiger partial charge < -0.3 is 4.57 Å². The van der Waals surface area contributed by atoms with Gasteiger partial charge in [0, 0.05) is 16.3 Å². The first-order valence-electron chi connectivity index (χ1n) is 9.59. The van der Waals surface area contributed by atoms with Gasteiger partial charge in [0.1, 0.15) is 17.8 Å². The predicted octanol–water partition coefficient (Wildman–Crippen LogP) is 5.46. The molecule has 5 aromatic rings. The third-order valence-electron chi connectivity index (χ3n) is 5.33. The van der Waals surface area contributed by atoms with Crippen LogP contribution in [0.3, 0.4) is 0 Å². The van der Waals surface area contributed by atoms with Crippen molar-refractivity contribution in [3.63, 3.8) is 0 Å². The van der Waals surface area contributed by atoms with Crippen LogP contribution in [-0.2, 0) is 0 Å². The van der Waals surface area contributed by atoms with E-state index in [0.717, 1.165) is 33.1 Å². The highest BCUT2D eigenvalue weighted by Crippen LogP contribution is 2.36. The van der Waals surface area contributed by atoms with E-state index in [2.05, 4.69) is 27.8 Å². The maximum Gasteiger partial charge on any atom is 0.141 e. The van der Waals surface area contributed by atoms with E-state index in [-0.39, 0.29) is 5.69 Å². The number of aromatic nitrogens is 2. The zero-order chi connectivity index (χ0) is 21.4. The average molecular weight is 395 g/mol. The van der Waals surface area contributed by atoms with Crippen molar-refractivity contribution in [1.82, 2.24) is 9.55 Å². The first-order valence-corrected chi connectivity index (χ1v) is 9.59. The van der Waals surface area contributed by atoms with Gasteiger partial charge in [-0.05, 0) is 42.5 Å². The SMILES string of the molecule is N#Cc1ccc2c(c1)c1ccccc1n2-c1ccccc1-c1nc(C#N)ccc1C#N. The molecule has 0 radical (unpaired) electrons. The summed E-state index contributed by atoms with van der Waals surface area (Å²) in [5.41, 5.74) is 5.25. The van der Waals surface area contributed by atoms with E-state index in [1.807, 2.05) is 60.7 Å². The largest absolute Gasteiger partial charge is 0.309 e. The van der Waals surface area contributed by atoms with E-state index in [9.17, 15) is 15.8 Å². The van der Waals surface area contributed by atoms with Gasteiger partial charge in [-0.2, -0.15) is 15.8 Å². The highest BCUT2D eigenvalue weighted by atomic mass is 15.0. The molecule has 0 saturated heterocycles. The molecule has 5 nitrogen and oxygen atoms in total. The Morgan fingerprint density at radius 2 is 1.45 bits per heavy atom. The molecule has 3 aromatic carbocycles. The minimum absolute atomic E-state index is 0.254. The molecule has 0 atom stereocenters. The smallest absolute Gasteiger partial charge is 0.141 e. The van der Waals surface area contributed by atoms with E-state index in [1.165, 1.54) is 0 Å². The average Bonchev–Trinajstić information content (AvgIpc) is 3.17. The van der Waals surface area contributed by atoms with Gasteiger partial charge in [-0.3, -0.25) is 0 Å². The number of hydrogen-bond donors (Lipinski definition) is 0. The fourth-order valence-corrected chi connectivity index (χ4v) is 3.99. The normalized spacial score (nSPS) is 10.5. The van der Waals surface area contributed by atoms with Crippen LogP contribution in [0.4, 0.5) is 0 Å². The zero-order valence-corrected chi connectivity index (χ0v) is 16.2. The summed E-state index contributed by atoms with van der Waals surface area (Å²) in [5.74, 6) is 0. The van der Waals surface area contributed by atoms with Crippen molar-refractivity contribution in [1.29, 1.82) is 15.8 Å². The van der Waals surface area contributed by atoms with E-state index in [1.54, 1.807) is 18.2 Å². The second-order valence-electron chi connectivity index (χ2n) is 7.03. The van der Waals surface area contributed by atoms with Crippen molar-refractivity contribution in [2.75, 3.05) is 0 Å². The van der Waals surface area contributed by atoms with Crippen LogP contribution in [0.1, 0.15) is 16.8 Å². The van der Waals surface area contributed by atoms with Gasteiger partial charge in [-0.15, -0.1) is 0 Å². The molecule has 2 aromatic heterocycles. The standard InChI is InChI=1S/C26H13N5/c27-14-17-9-12-25-22(13-17)20-5-1-3-7-23(20)31(25)24-8-4-2-6-21(24)26-18(15-28)10-11-19(16-29)30-26/h1-13H. The van der Waals surface area contributed by atoms with Crippen molar-refractivity contribution in [3.05, 3.63) is 95.7 Å². The van der Waals surface area contributed by atoms with Crippen molar-refractivity contribution >= 4 is 21.8 Å². The second-order valence-corrected chi connectivity index (χ2v) is 7.03. The van der Waals surface area contributed by atoms with Gasteiger partial charge in [0.05, 0.1) is 39.6 Å². The molecule has 0 spiro atoms. The fourth-order valence-electron chi connectivity index (χ4n) is 3.99. The van der Waals surface area contributed by atoms with Crippen LogP contribution >= 0.6 is 0 Å². The lowest BCUT2D eigenvalue weighted by molar-refractivity contribution is 1.16. The van der Waals surface area contributed by atoms with Crippen LogP contribution < -0.4 is 0 Å². The number of nitriles is 3. The molecule has 31 heavy (non-hydrogen) atoms. The van der Waals surface area contributed by atoms with Crippen LogP contribution in [0.25, 0.3) is 38.8 Å². The van der Waals surface area contributed by atoms with Crippen molar-refractivity contribution < 1.29 is 0 Å². The van der Waals surface area contributed by atoms with Crippen LogP contribution in [0.15, 0.2) is 78.9 Å². The number of benzene rings is 3. The van der Waals surface area contributed by atoms with E-state index in [0.29, 0.717) is 16.8 Å². The topological polar surface area (TPSA) is 89.2 Å². The summed E-state index contributed by atoms with van der Waals surface area (Å²) >= 11 is 0. The Hall–Kier alpha value is -4.92. The number of fused-ring (bicyclic) bond motifs is 3. The Kier molecular flexibility index (Phi) is 4.19. The summed E-state index contributed by atoms with van der Waals surface area (Å²) in [5, 5.41) is 30.4. The number of nitrogens with zero attached hydrogens (tertiary/aromatic N) is 5. The molecule has 0 unspecified atom stereocenters. The molecule has 0 fully saturated rings. The number of pyridine rings is 1. The lowest BCUT2D eigenvalue weighted by atomic mass is 10.0. The highest BCUT2D eigenvalue weighted by molar-refractivity contribution is 6.10. The fraction of sp³-hybridized carbons (Fsp3) is 0. The lowest BCUT2D eigenvalue weighted by Gasteiger charge is -2.14. The summed E-state index contributed by atoms with van der Waals surface area (Å²) in [7, 11) is 0. The lowest BCUT2D eigenvalue weighted by Crippen LogP contribution is -2.00. The van der Waals surface area contributed by atoms with Crippen molar-refractivity contribution in [2.45, 2.75) is 0 Å². The Morgan fingerprint density at radius 3 is 2.26 bits per heavy atom. The van der Waals surface area contributed by atoms with Gasteiger partial charge in [0.2, 0.25) is 0 Å². The number of rotatable bonds is 2. The van der Waals surface area contributed by atoms with Crippen LogP contribution in [0.2, 0.25) is 0 Å². The van der Waals surface area contributed by atoms with Crippen LogP contribution in [0, 0.1) is 34.0 Å². The van der Waals surface area contributed by atoms with E-state index in [4.69, 9.17) is 0 Å². The van der Waals surface area contributed by atoms with E-state index >= 15 is 0 Å². The maximum absolute atomic E-state index is 9.66. The Labute approximate surface area is 178 Å². The molecule has 0 aliphatic rings. The zero-order valence-electron chi connectivity index (χ0n) is 16.2. The third-order valence-corrected chi connectivity index (χ3v) is 5.33. The molecule has 0 bridgehead atoms. The summed E-state index contributed by atoms with van der Waals surface area (Å²) in [6, 6.07) is 31.0. The highest BCUT2D eigenvalue weighted by Gasteiger charge is 2.18. The van der Waals surface area contributed by atoms with Gasteiger partial charge in [0.15, 0.2) is 0 Å². The summed E-state index contributed by atoms with van der Waals surface area (Å²) in [6.07, 6.45) is 0. The molecule has 142 valence electrons. The molecule has 5 rings (SSSR count). The number of para-hydroxylation sites is 2. The van der Waals surface area contributed by atoms with Crippen LogP contribution in [-0.4, -0.2) is 9.55 Å². The van der Waals surface area contributed by atoms with Crippen molar-refractivity contribution in [2.24, 2.45) is 0 Å². The molecule has 0 amide bonds. The molecule has 0 aliphatic carbocycles. The van der Waals surface area contributed by atoms with Gasteiger partial charge in [-0.1, -0.05) is 36.4 Å². The minimum Gasteiger partial charge on any atom is -0.309 e. The van der Waals surface area contributed by atoms with Crippen molar-refractivity contribution in [3.8, 4) is 35.2 Å². The quantitative estimate of drug-likeness (QED) is 0.397. The molecule has 0 aliphatic heterocycles. The monoisotopic (exact) mass is 395 g/mol. The summed E-state index contributed by atoms with van der Waals surface area (Å²) in [4.78, 5) is 4.45. The molecular weight excluding hydrogens is 382 g/mol. The molecule has 0 saturated carbocycles. The van der Waals surface area contributed by atoms with Crippen LogP contribution in [0.5, 0.6) is 0 Å². The number of hydrogen-bond acceptors (Lipinski definition) is 4. The molecule has 2 heterocycles. The van der Waals surface area contributed by atoms with Gasteiger partial charge in [-0.25, -0.2) is 4.98 Å². The predicted molar refractivity (Wildman–Crippen MR) is 118 cm³/mol. The van der Waals surface area contributed by atoms with Gasteiger partial charge >= 0.3 is 0 Å². The second kappa shape index (κ2) is 7.16. The van der Waals surface area contributed by atoms with E-state index < -0.39 is 0 Å². The summed E-state index contributed by atoms with van der Waals surface area (Å²) in [6.45, 7) is 0. The van der Waals surface area contributed by atoms with Gasteiger partial charge in [0.25, 0.3) is 0 Å². The summed E-state index contributed by atoms with van der Waals surface area (Å²) < 4.78 is 2.11. The molecule has 0 N–H and O–H groups in total. The first-order chi connectivity index (χ1) is 15.2. The Balaban J connectivity index is 1.91. The Bertz CT molecular complexity index is 1620.